The molecule has 0 amide bonds. The highest BCUT2D eigenvalue weighted by Crippen LogP contribution is 2.67. The van der Waals surface area contributed by atoms with Crippen molar-refractivity contribution in [2.45, 2.75) is 135 Å². The Labute approximate surface area is 273 Å². The second-order valence-corrected chi connectivity index (χ2v) is 14.1. The highest BCUT2D eigenvalue weighted by Gasteiger charge is 2.79. The predicted octanol–water partition coefficient (Wildman–Crippen LogP) is 3.98. The van der Waals surface area contributed by atoms with Crippen molar-refractivity contribution in [2.24, 2.45) is 29.6 Å². The molecule has 0 spiro atoms. The molecule has 2 saturated carbocycles. The maximum Gasteiger partial charge on any atom is 0.331 e. The first kappa shape index (κ1) is 38.1. The van der Waals surface area contributed by atoms with Gasteiger partial charge >= 0.3 is 11.9 Å². The smallest absolute Gasteiger partial charge is 0.331 e. The van der Waals surface area contributed by atoms with Crippen LogP contribution in [-0.4, -0.2) is 86.0 Å². The summed E-state index contributed by atoms with van der Waals surface area (Å²) in [5.74, 6) is -4.49. The zero-order valence-electron chi connectivity index (χ0n) is 28.8. The molecule has 10 nitrogen and oxygen atoms in total. The molecule has 3 aliphatic rings. The van der Waals surface area contributed by atoms with Crippen LogP contribution in [0.2, 0.25) is 0 Å². The number of aliphatic hydroxyl groups excluding tert-OH is 2. The summed E-state index contributed by atoms with van der Waals surface area (Å²) < 4.78 is 17.8. The van der Waals surface area contributed by atoms with Crippen LogP contribution in [0.1, 0.15) is 93.9 Å². The molecule has 260 valence electrons. The molecule has 0 bridgehead atoms. The zero-order valence-corrected chi connectivity index (χ0v) is 28.8. The van der Waals surface area contributed by atoms with Crippen molar-refractivity contribution in [3.8, 4) is 0 Å². The number of aldehydes is 1. The lowest BCUT2D eigenvalue weighted by molar-refractivity contribution is -0.231. The van der Waals surface area contributed by atoms with Gasteiger partial charge in [0, 0.05) is 29.7 Å². The summed E-state index contributed by atoms with van der Waals surface area (Å²) in [5, 5.41) is 46.3. The van der Waals surface area contributed by atoms with Gasteiger partial charge in [-0.1, -0.05) is 71.8 Å². The second kappa shape index (κ2) is 14.8. The predicted molar refractivity (Wildman–Crippen MR) is 172 cm³/mol. The van der Waals surface area contributed by atoms with Gasteiger partial charge in [-0.05, 0) is 52.0 Å². The summed E-state index contributed by atoms with van der Waals surface area (Å²) in [6, 6.07) is 0. The van der Waals surface area contributed by atoms with E-state index in [0.29, 0.717) is 12.7 Å². The van der Waals surface area contributed by atoms with Crippen molar-refractivity contribution >= 4 is 18.2 Å². The number of carbonyl (C=O) groups excluding carboxylic acids is 3. The number of aliphatic hydroxyl groups is 4. The van der Waals surface area contributed by atoms with Gasteiger partial charge in [-0.3, -0.25) is 9.59 Å². The fourth-order valence-electron chi connectivity index (χ4n) is 7.52. The third-order valence-corrected chi connectivity index (χ3v) is 11.1. The van der Waals surface area contributed by atoms with Crippen LogP contribution in [-0.2, 0) is 28.6 Å². The SMILES string of the molecule is CCCCC/C=C/C=C/C(=O)OC1C(C)C(O)(C(/C=C(/C)C=O)C(C)(O)C(O)C2(CO)OC2C)CC2C(C)C21OC(=O)C(C)CC. The summed E-state index contributed by atoms with van der Waals surface area (Å²) >= 11 is 0. The van der Waals surface area contributed by atoms with Gasteiger partial charge < -0.3 is 34.6 Å². The normalized spacial score (nSPS) is 37.2. The first-order valence-corrected chi connectivity index (χ1v) is 16.9. The number of rotatable bonds is 17. The van der Waals surface area contributed by atoms with E-state index in [1.807, 2.05) is 19.9 Å². The van der Waals surface area contributed by atoms with Gasteiger partial charge in [0.2, 0.25) is 0 Å². The summed E-state index contributed by atoms with van der Waals surface area (Å²) in [4.78, 5) is 38.2. The molecule has 3 fully saturated rings. The number of carbonyl (C=O) groups is 3. The van der Waals surface area contributed by atoms with Crippen LogP contribution in [0.3, 0.4) is 0 Å². The number of epoxide rings is 1. The van der Waals surface area contributed by atoms with Crippen LogP contribution in [0.25, 0.3) is 0 Å². The van der Waals surface area contributed by atoms with E-state index in [0.717, 1.165) is 25.7 Å². The number of allylic oxidation sites excluding steroid dienone is 4. The minimum absolute atomic E-state index is 0.0201. The molecule has 10 heteroatoms. The average Bonchev–Trinajstić information content (AvgIpc) is 3.87. The van der Waals surface area contributed by atoms with Gasteiger partial charge in [-0.15, -0.1) is 0 Å². The van der Waals surface area contributed by atoms with E-state index in [1.165, 1.54) is 26.0 Å². The molecule has 46 heavy (non-hydrogen) atoms. The zero-order chi connectivity index (χ0) is 34.7. The fraction of sp³-hybridized carbons (Fsp3) is 0.750. The Hall–Kier alpha value is -2.37. The minimum Gasteiger partial charge on any atom is -0.455 e. The van der Waals surface area contributed by atoms with Crippen LogP contribution < -0.4 is 0 Å². The summed E-state index contributed by atoms with van der Waals surface area (Å²) in [7, 11) is 0. The molecule has 4 N–H and O–H groups in total. The van der Waals surface area contributed by atoms with Gasteiger partial charge in [-0.25, -0.2) is 4.79 Å². The van der Waals surface area contributed by atoms with E-state index in [1.54, 1.807) is 32.9 Å². The Morgan fingerprint density at radius 3 is 2.33 bits per heavy atom. The van der Waals surface area contributed by atoms with Gasteiger partial charge in [0.15, 0.2) is 5.60 Å². The first-order valence-electron chi connectivity index (χ1n) is 16.9. The van der Waals surface area contributed by atoms with Gasteiger partial charge in [0.1, 0.15) is 24.1 Å². The van der Waals surface area contributed by atoms with E-state index in [2.05, 4.69) is 6.92 Å². The van der Waals surface area contributed by atoms with Gasteiger partial charge in [0.25, 0.3) is 0 Å². The molecule has 2 aliphatic carbocycles. The maximum atomic E-state index is 13.2. The molecular weight excluding hydrogens is 592 g/mol. The molecule has 12 atom stereocenters. The number of unbranched alkanes of at least 4 members (excludes halogenated alkanes) is 3. The summed E-state index contributed by atoms with van der Waals surface area (Å²) in [6.45, 7) is 13.2. The first-order chi connectivity index (χ1) is 21.5. The number of hydrogen-bond acceptors (Lipinski definition) is 10. The van der Waals surface area contributed by atoms with E-state index in [9.17, 15) is 34.8 Å². The fourth-order valence-corrected chi connectivity index (χ4v) is 7.52. The molecule has 0 aromatic heterocycles. The number of esters is 2. The largest absolute Gasteiger partial charge is 0.455 e. The van der Waals surface area contributed by atoms with Gasteiger partial charge in [-0.2, -0.15) is 0 Å². The standard InChI is InChI=1S/C36H56O10/c1-9-11-12-13-14-15-16-17-29(39)44-30-25(6)34(43,19-27-24(5)36(27,30)46-31(40)23(4)10-2)28(18-22(3)20-37)33(8,42)32(41)35(21-38)26(7)45-35/h14-18,20,23-28,30,32,38,41-43H,9-13,19,21H2,1-8H3/b15-14+,17-16+,22-18-. The van der Waals surface area contributed by atoms with E-state index < -0.39 is 82.9 Å². The third-order valence-electron chi connectivity index (χ3n) is 11.1. The van der Waals surface area contributed by atoms with Crippen LogP contribution >= 0.6 is 0 Å². The topological polar surface area (TPSA) is 163 Å². The Bertz CT molecular complexity index is 1190. The third kappa shape index (κ3) is 7.06. The van der Waals surface area contributed by atoms with Gasteiger partial charge in [0.05, 0.1) is 29.8 Å². The Morgan fingerprint density at radius 2 is 1.78 bits per heavy atom. The van der Waals surface area contributed by atoms with Crippen molar-refractivity contribution in [3.05, 3.63) is 36.0 Å². The van der Waals surface area contributed by atoms with Crippen LogP contribution in [0.5, 0.6) is 0 Å². The van der Waals surface area contributed by atoms with Crippen molar-refractivity contribution in [3.63, 3.8) is 0 Å². The van der Waals surface area contributed by atoms with E-state index in [4.69, 9.17) is 14.2 Å². The number of fused-ring (bicyclic) bond motifs is 1. The van der Waals surface area contributed by atoms with Crippen molar-refractivity contribution in [2.75, 3.05) is 6.61 Å². The molecule has 0 radical (unpaired) electrons. The van der Waals surface area contributed by atoms with E-state index in [-0.39, 0.29) is 17.9 Å². The van der Waals surface area contributed by atoms with Crippen molar-refractivity contribution in [1.29, 1.82) is 0 Å². The lowest BCUT2D eigenvalue weighted by Crippen LogP contribution is -2.66. The lowest BCUT2D eigenvalue weighted by atomic mass is 9.60. The summed E-state index contributed by atoms with van der Waals surface area (Å²) in [6.07, 6.45) is 10.0. The molecule has 0 aromatic carbocycles. The summed E-state index contributed by atoms with van der Waals surface area (Å²) in [5.41, 5.74) is -6.44. The van der Waals surface area contributed by atoms with Crippen molar-refractivity contribution < 1.29 is 49.0 Å². The average molecular weight is 649 g/mol. The van der Waals surface area contributed by atoms with E-state index >= 15 is 0 Å². The number of ether oxygens (including phenoxy) is 3. The number of hydrogen-bond donors (Lipinski definition) is 4. The maximum absolute atomic E-state index is 13.2. The Balaban J connectivity index is 2.05. The molecule has 0 aromatic rings. The second-order valence-electron chi connectivity index (χ2n) is 14.1. The van der Waals surface area contributed by atoms with Crippen LogP contribution in [0, 0.1) is 29.6 Å². The highest BCUT2D eigenvalue weighted by molar-refractivity contribution is 5.82. The monoisotopic (exact) mass is 648 g/mol. The van der Waals surface area contributed by atoms with Crippen molar-refractivity contribution in [1.82, 2.24) is 0 Å². The quantitative estimate of drug-likeness (QED) is 0.0453. The Kier molecular flexibility index (Phi) is 12.3. The highest BCUT2D eigenvalue weighted by atomic mass is 16.6. The van der Waals surface area contributed by atoms with Crippen LogP contribution in [0.4, 0.5) is 0 Å². The molecule has 1 heterocycles. The molecule has 12 unspecified atom stereocenters. The lowest BCUT2D eigenvalue weighted by Gasteiger charge is -2.53. The molecule has 1 saturated heterocycles. The minimum atomic E-state index is -2.12. The molecule has 3 rings (SSSR count). The molecule has 1 aliphatic heterocycles. The van der Waals surface area contributed by atoms with Crippen LogP contribution in [0.15, 0.2) is 36.0 Å². The Morgan fingerprint density at radius 1 is 1.13 bits per heavy atom. The molecular formula is C36H56O10.